The molecule has 2 aromatic rings. The number of esters is 1. The molecule has 0 aromatic heterocycles. The van der Waals surface area contributed by atoms with Gasteiger partial charge < -0.3 is 9.47 Å². The van der Waals surface area contributed by atoms with Crippen LogP contribution in [0.5, 0.6) is 11.5 Å². The van der Waals surface area contributed by atoms with Crippen molar-refractivity contribution in [3.05, 3.63) is 54.1 Å². The minimum atomic E-state index is -4.48. The van der Waals surface area contributed by atoms with E-state index >= 15 is 0 Å². The Balaban J connectivity index is 2.11. The molecule has 0 fully saturated rings. The maximum atomic E-state index is 12.1. The summed E-state index contributed by atoms with van der Waals surface area (Å²) in [4.78, 5) is 11.7. The van der Waals surface area contributed by atoms with Crippen molar-refractivity contribution in [3.8, 4) is 11.5 Å². The molecular weight excluding hydrogens is 332 g/mol. The molecule has 0 unspecified atom stereocenters. The topological polar surface area (TPSA) is 89.9 Å². The Bertz CT molecular complexity index is 796. The van der Waals surface area contributed by atoms with Crippen LogP contribution in [0.4, 0.5) is 0 Å². The van der Waals surface area contributed by atoms with Crippen LogP contribution in [-0.4, -0.2) is 25.5 Å². The van der Waals surface area contributed by atoms with Crippen molar-refractivity contribution in [3.63, 3.8) is 0 Å². The third kappa shape index (κ3) is 4.81. The molecule has 1 N–H and O–H groups in total. The Labute approximate surface area is 140 Å². The fourth-order valence-corrected chi connectivity index (χ4v) is 2.54. The highest BCUT2D eigenvalue weighted by molar-refractivity contribution is 7.86. The van der Waals surface area contributed by atoms with Gasteiger partial charge in [0, 0.05) is 0 Å². The van der Waals surface area contributed by atoms with Crippen LogP contribution in [0.3, 0.4) is 0 Å². The minimum absolute atomic E-state index is 0.228. The largest absolute Gasteiger partial charge is 0.494 e. The highest BCUT2D eigenvalue weighted by Crippen LogP contribution is 2.24. The first-order valence-electron chi connectivity index (χ1n) is 7.43. The number of para-hydroxylation sites is 1. The highest BCUT2D eigenvalue weighted by atomic mass is 32.2. The van der Waals surface area contributed by atoms with Crippen molar-refractivity contribution in [2.45, 2.75) is 24.7 Å². The maximum absolute atomic E-state index is 12.1. The van der Waals surface area contributed by atoms with Gasteiger partial charge in [0.1, 0.15) is 10.6 Å². The number of ether oxygens (including phenoxy) is 2. The SMILES string of the molecule is CCCCOc1ccc(C(=O)Oc2ccccc2S(=O)(=O)O)cc1. The summed E-state index contributed by atoms with van der Waals surface area (Å²) < 4.78 is 42.3. The zero-order chi connectivity index (χ0) is 17.6. The lowest BCUT2D eigenvalue weighted by atomic mass is 10.2. The summed E-state index contributed by atoms with van der Waals surface area (Å²) in [5.74, 6) is -0.321. The molecule has 0 aliphatic heterocycles. The standard InChI is InChI=1S/C17H18O6S/c1-2-3-12-22-14-10-8-13(9-11-14)17(18)23-15-6-4-5-7-16(15)24(19,20)21/h4-11H,2-3,12H2,1H3,(H,19,20,21). The summed E-state index contributed by atoms with van der Waals surface area (Å²) >= 11 is 0. The van der Waals surface area contributed by atoms with Gasteiger partial charge in [-0.05, 0) is 42.8 Å². The molecule has 0 heterocycles. The van der Waals surface area contributed by atoms with Gasteiger partial charge >= 0.3 is 5.97 Å². The molecule has 0 aliphatic rings. The molecule has 0 spiro atoms. The van der Waals surface area contributed by atoms with Gasteiger partial charge in [-0.3, -0.25) is 4.55 Å². The van der Waals surface area contributed by atoms with Crippen LogP contribution in [0, 0.1) is 0 Å². The first-order chi connectivity index (χ1) is 11.4. The van der Waals surface area contributed by atoms with E-state index in [4.69, 9.17) is 14.0 Å². The third-order valence-corrected chi connectivity index (χ3v) is 4.08. The Morgan fingerprint density at radius 2 is 1.75 bits per heavy atom. The lowest BCUT2D eigenvalue weighted by Gasteiger charge is -2.09. The van der Waals surface area contributed by atoms with Gasteiger partial charge in [-0.2, -0.15) is 8.42 Å². The van der Waals surface area contributed by atoms with E-state index in [9.17, 15) is 13.2 Å². The molecule has 0 saturated heterocycles. The highest BCUT2D eigenvalue weighted by Gasteiger charge is 2.19. The summed E-state index contributed by atoms with van der Waals surface area (Å²) in [5.41, 5.74) is 0.239. The third-order valence-electron chi connectivity index (χ3n) is 3.19. The molecule has 0 atom stereocenters. The van der Waals surface area contributed by atoms with Crippen molar-refractivity contribution >= 4 is 16.1 Å². The molecule has 7 heteroatoms. The van der Waals surface area contributed by atoms with Crippen LogP contribution >= 0.6 is 0 Å². The number of carbonyl (C=O) groups is 1. The van der Waals surface area contributed by atoms with E-state index in [1.54, 1.807) is 12.1 Å². The first-order valence-corrected chi connectivity index (χ1v) is 8.87. The van der Waals surface area contributed by atoms with E-state index < -0.39 is 21.0 Å². The van der Waals surface area contributed by atoms with Gasteiger partial charge in [0.2, 0.25) is 0 Å². The van der Waals surface area contributed by atoms with Crippen LogP contribution < -0.4 is 9.47 Å². The summed E-state index contributed by atoms with van der Waals surface area (Å²) in [6, 6.07) is 11.7. The zero-order valence-electron chi connectivity index (χ0n) is 13.1. The van der Waals surface area contributed by atoms with E-state index in [-0.39, 0.29) is 11.3 Å². The Morgan fingerprint density at radius 1 is 1.08 bits per heavy atom. The summed E-state index contributed by atoms with van der Waals surface area (Å²) in [6.45, 7) is 2.66. The molecule has 0 amide bonds. The van der Waals surface area contributed by atoms with Crippen LogP contribution in [0.2, 0.25) is 0 Å². The summed E-state index contributed by atoms with van der Waals surface area (Å²) in [5, 5.41) is 0. The second-order valence-corrected chi connectivity index (χ2v) is 6.43. The number of hydrogen-bond donors (Lipinski definition) is 1. The van der Waals surface area contributed by atoms with Gasteiger partial charge in [0.15, 0.2) is 5.75 Å². The van der Waals surface area contributed by atoms with E-state index in [0.29, 0.717) is 12.4 Å². The van der Waals surface area contributed by atoms with E-state index in [2.05, 4.69) is 6.92 Å². The summed E-state index contributed by atoms with van der Waals surface area (Å²) in [7, 11) is -4.48. The van der Waals surface area contributed by atoms with Gasteiger partial charge in [0.25, 0.3) is 10.1 Å². The number of hydrogen-bond acceptors (Lipinski definition) is 5. The second kappa shape index (κ2) is 7.94. The fourth-order valence-electron chi connectivity index (χ4n) is 1.93. The number of benzene rings is 2. The number of rotatable bonds is 7. The molecule has 0 bridgehead atoms. The van der Waals surface area contributed by atoms with Crippen molar-refractivity contribution in [1.29, 1.82) is 0 Å². The average Bonchev–Trinajstić information content (AvgIpc) is 2.55. The first kappa shape index (κ1) is 18.0. The molecule has 128 valence electrons. The molecule has 0 aliphatic carbocycles. The molecule has 24 heavy (non-hydrogen) atoms. The Hall–Kier alpha value is -2.38. The van der Waals surface area contributed by atoms with Crippen molar-refractivity contribution < 1.29 is 27.2 Å². The molecule has 0 saturated carbocycles. The normalized spacial score (nSPS) is 11.1. The predicted molar refractivity (Wildman–Crippen MR) is 88.1 cm³/mol. The second-order valence-electron chi connectivity index (χ2n) is 5.04. The van der Waals surface area contributed by atoms with Gasteiger partial charge in [0.05, 0.1) is 12.2 Å². The predicted octanol–water partition coefficient (Wildman–Crippen LogP) is 3.33. The molecule has 6 nitrogen and oxygen atoms in total. The quantitative estimate of drug-likeness (QED) is 0.356. The number of unbranched alkanes of at least 4 members (excludes halogenated alkanes) is 1. The summed E-state index contributed by atoms with van der Waals surface area (Å²) in [6.07, 6.45) is 1.97. The fraction of sp³-hybridized carbons (Fsp3) is 0.235. The van der Waals surface area contributed by atoms with Gasteiger partial charge in [-0.15, -0.1) is 0 Å². The molecule has 2 rings (SSSR count). The van der Waals surface area contributed by atoms with E-state index in [0.717, 1.165) is 18.9 Å². The van der Waals surface area contributed by atoms with Crippen LogP contribution in [0.25, 0.3) is 0 Å². The van der Waals surface area contributed by atoms with Crippen molar-refractivity contribution in [1.82, 2.24) is 0 Å². The Kier molecular flexibility index (Phi) is 5.94. The van der Waals surface area contributed by atoms with Crippen LogP contribution in [0.15, 0.2) is 53.4 Å². The monoisotopic (exact) mass is 350 g/mol. The lowest BCUT2D eigenvalue weighted by molar-refractivity contribution is 0.0730. The maximum Gasteiger partial charge on any atom is 0.343 e. The average molecular weight is 350 g/mol. The molecular formula is C17H18O6S. The van der Waals surface area contributed by atoms with E-state index in [1.807, 2.05) is 0 Å². The van der Waals surface area contributed by atoms with Crippen molar-refractivity contribution in [2.75, 3.05) is 6.61 Å². The van der Waals surface area contributed by atoms with Crippen LogP contribution in [0.1, 0.15) is 30.1 Å². The zero-order valence-corrected chi connectivity index (χ0v) is 14.0. The number of carbonyl (C=O) groups excluding carboxylic acids is 1. The molecule has 2 aromatic carbocycles. The van der Waals surface area contributed by atoms with E-state index in [1.165, 1.54) is 30.3 Å². The van der Waals surface area contributed by atoms with Crippen LogP contribution in [-0.2, 0) is 10.1 Å². The minimum Gasteiger partial charge on any atom is -0.494 e. The van der Waals surface area contributed by atoms with Gasteiger partial charge in [-0.25, -0.2) is 4.79 Å². The van der Waals surface area contributed by atoms with Gasteiger partial charge in [-0.1, -0.05) is 25.5 Å². The Morgan fingerprint density at radius 3 is 2.38 bits per heavy atom. The smallest absolute Gasteiger partial charge is 0.343 e. The van der Waals surface area contributed by atoms with Crippen molar-refractivity contribution in [2.24, 2.45) is 0 Å². The molecule has 0 radical (unpaired) electrons. The lowest BCUT2D eigenvalue weighted by Crippen LogP contribution is -2.11.